The van der Waals surface area contributed by atoms with E-state index in [1.165, 1.54) is 21.3 Å². The van der Waals surface area contributed by atoms with Crippen LogP contribution in [0, 0.1) is 0 Å². The van der Waals surface area contributed by atoms with E-state index in [1.807, 2.05) is 24.3 Å². The highest BCUT2D eigenvalue weighted by Gasteiger charge is 2.22. The predicted molar refractivity (Wildman–Crippen MR) is 132 cm³/mol. The van der Waals surface area contributed by atoms with Crippen molar-refractivity contribution in [1.82, 2.24) is 9.80 Å². The van der Waals surface area contributed by atoms with Crippen molar-refractivity contribution in [3.63, 3.8) is 0 Å². The molecular weight excluding hydrogens is 454 g/mol. The third-order valence-electron chi connectivity index (χ3n) is 5.75. The minimum absolute atomic E-state index is 0.127. The molecule has 0 aromatic heterocycles. The zero-order chi connectivity index (χ0) is 25.2. The number of nitrogens with one attached hydrogen (secondary N) is 1. The monoisotopic (exact) mass is 489 g/mol. The van der Waals surface area contributed by atoms with Crippen LogP contribution >= 0.6 is 0 Å². The van der Waals surface area contributed by atoms with Crippen LogP contribution in [0.25, 0.3) is 0 Å². The molecule has 10 nitrogen and oxygen atoms in total. The standard InChI is InChI=1S/C25H35N3O7/c1-31-20-7-5-6-8-21(20)35-17-19(29)15-27-9-11-28(12-10-27)16-24(30)26-18-13-22(32-2)25(34-4)23(14-18)33-3/h5-8,13-14,19,29H,9-12,15-17H2,1-4H3,(H,26,30). The number of carbonyl (C=O) groups is 1. The number of para-hydroxylation sites is 2. The molecule has 2 aromatic rings. The fourth-order valence-corrected chi connectivity index (χ4v) is 3.96. The zero-order valence-electron chi connectivity index (χ0n) is 20.8. The average Bonchev–Trinajstić information content (AvgIpc) is 2.88. The molecule has 3 rings (SSSR count). The maximum atomic E-state index is 12.6. The highest BCUT2D eigenvalue weighted by atomic mass is 16.5. The average molecular weight is 490 g/mol. The Morgan fingerprint density at radius 1 is 0.886 bits per heavy atom. The summed E-state index contributed by atoms with van der Waals surface area (Å²) in [6.07, 6.45) is -0.630. The number of β-amino-alcohol motifs (C(OH)–C–C–N with tert-alkyl or cyclic N) is 1. The molecule has 10 heteroatoms. The maximum Gasteiger partial charge on any atom is 0.238 e. The van der Waals surface area contributed by atoms with Crippen LogP contribution in [0.5, 0.6) is 28.7 Å². The van der Waals surface area contributed by atoms with Crippen molar-refractivity contribution in [1.29, 1.82) is 0 Å². The molecule has 1 fully saturated rings. The first-order chi connectivity index (χ1) is 17.0. The highest BCUT2D eigenvalue weighted by Crippen LogP contribution is 2.39. The van der Waals surface area contributed by atoms with Gasteiger partial charge in [0.05, 0.1) is 35.0 Å². The van der Waals surface area contributed by atoms with Gasteiger partial charge in [0.15, 0.2) is 23.0 Å². The van der Waals surface area contributed by atoms with Gasteiger partial charge >= 0.3 is 0 Å². The molecule has 0 bridgehead atoms. The van der Waals surface area contributed by atoms with E-state index in [1.54, 1.807) is 19.2 Å². The fourth-order valence-electron chi connectivity index (χ4n) is 3.96. The fraction of sp³-hybridized carbons (Fsp3) is 0.480. The van der Waals surface area contributed by atoms with Crippen molar-refractivity contribution in [3.05, 3.63) is 36.4 Å². The van der Waals surface area contributed by atoms with E-state index in [0.717, 1.165) is 26.2 Å². The smallest absolute Gasteiger partial charge is 0.238 e. The number of ether oxygens (including phenoxy) is 5. The Morgan fingerprint density at radius 2 is 1.46 bits per heavy atom. The lowest BCUT2D eigenvalue weighted by Gasteiger charge is -2.35. The number of methoxy groups -OCH3 is 4. The molecule has 1 aliphatic rings. The summed E-state index contributed by atoms with van der Waals surface area (Å²) in [5.41, 5.74) is 0.571. The van der Waals surface area contributed by atoms with E-state index < -0.39 is 6.10 Å². The summed E-state index contributed by atoms with van der Waals surface area (Å²) in [7, 11) is 6.18. The van der Waals surface area contributed by atoms with E-state index in [0.29, 0.717) is 41.0 Å². The van der Waals surface area contributed by atoms with Crippen LogP contribution in [0.4, 0.5) is 5.69 Å². The Balaban J connectivity index is 1.42. The summed E-state index contributed by atoms with van der Waals surface area (Å²) in [6, 6.07) is 10.8. The summed E-state index contributed by atoms with van der Waals surface area (Å²) in [5.74, 6) is 2.54. The Morgan fingerprint density at radius 3 is 2.03 bits per heavy atom. The van der Waals surface area contributed by atoms with Crippen LogP contribution in [0.3, 0.4) is 0 Å². The number of aliphatic hydroxyl groups excluding tert-OH is 1. The van der Waals surface area contributed by atoms with Crippen LogP contribution in [0.15, 0.2) is 36.4 Å². The molecule has 35 heavy (non-hydrogen) atoms. The highest BCUT2D eigenvalue weighted by molar-refractivity contribution is 5.93. The Hall–Kier alpha value is -3.21. The number of rotatable bonds is 12. The minimum Gasteiger partial charge on any atom is -0.493 e. The lowest BCUT2D eigenvalue weighted by molar-refractivity contribution is -0.117. The largest absolute Gasteiger partial charge is 0.493 e. The lowest BCUT2D eigenvalue weighted by atomic mass is 10.2. The van der Waals surface area contributed by atoms with Gasteiger partial charge < -0.3 is 34.1 Å². The van der Waals surface area contributed by atoms with Gasteiger partial charge in [0.1, 0.15) is 12.7 Å². The lowest BCUT2D eigenvalue weighted by Crippen LogP contribution is -2.50. The number of amides is 1. The first kappa shape index (κ1) is 26.4. The van der Waals surface area contributed by atoms with Crippen LogP contribution < -0.4 is 29.0 Å². The topological polar surface area (TPSA) is 102 Å². The molecule has 1 heterocycles. The Kier molecular flexibility index (Phi) is 9.83. The van der Waals surface area contributed by atoms with Crippen LogP contribution in [0.1, 0.15) is 0 Å². The van der Waals surface area contributed by atoms with Crippen molar-refractivity contribution in [2.45, 2.75) is 6.10 Å². The van der Waals surface area contributed by atoms with Gasteiger partial charge in [-0.15, -0.1) is 0 Å². The molecule has 1 unspecified atom stereocenters. The number of anilines is 1. The summed E-state index contributed by atoms with van der Waals surface area (Å²) in [4.78, 5) is 16.9. The van der Waals surface area contributed by atoms with Crippen molar-refractivity contribution in [2.24, 2.45) is 0 Å². The van der Waals surface area contributed by atoms with E-state index in [-0.39, 0.29) is 19.1 Å². The predicted octanol–water partition coefficient (Wildman–Crippen LogP) is 1.72. The molecule has 192 valence electrons. The van der Waals surface area contributed by atoms with E-state index in [9.17, 15) is 9.90 Å². The van der Waals surface area contributed by atoms with Gasteiger partial charge in [-0.25, -0.2) is 0 Å². The molecule has 1 amide bonds. The molecule has 2 N–H and O–H groups in total. The second kappa shape index (κ2) is 13.0. The molecule has 0 spiro atoms. The van der Waals surface area contributed by atoms with Crippen LogP contribution in [0.2, 0.25) is 0 Å². The molecule has 0 aliphatic carbocycles. The summed E-state index contributed by atoms with van der Waals surface area (Å²) in [6.45, 7) is 3.90. The molecule has 1 aliphatic heterocycles. The molecule has 1 atom stereocenters. The summed E-state index contributed by atoms with van der Waals surface area (Å²) < 4.78 is 27.0. The van der Waals surface area contributed by atoms with Gasteiger partial charge in [-0.1, -0.05) is 12.1 Å². The van der Waals surface area contributed by atoms with Crippen LogP contribution in [-0.2, 0) is 4.79 Å². The number of aliphatic hydroxyl groups is 1. The molecule has 0 saturated carbocycles. The normalized spacial score (nSPS) is 15.2. The van der Waals surface area contributed by atoms with Gasteiger partial charge in [-0.05, 0) is 12.1 Å². The van der Waals surface area contributed by atoms with E-state index >= 15 is 0 Å². The minimum atomic E-state index is -0.630. The van der Waals surface area contributed by atoms with E-state index in [4.69, 9.17) is 23.7 Å². The third-order valence-corrected chi connectivity index (χ3v) is 5.75. The molecular formula is C25H35N3O7. The number of hydrogen-bond acceptors (Lipinski definition) is 9. The van der Waals surface area contributed by atoms with Crippen molar-refractivity contribution in [3.8, 4) is 28.7 Å². The Bertz CT molecular complexity index is 939. The maximum absolute atomic E-state index is 12.6. The van der Waals surface area contributed by atoms with E-state index in [2.05, 4.69) is 15.1 Å². The summed E-state index contributed by atoms with van der Waals surface area (Å²) >= 11 is 0. The van der Waals surface area contributed by atoms with Crippen molar-refractivity contribution < 1.29 is 33.6 Å². The third kappa shape index (κ3) is 7.38. The second-order valence-electron chi connectivity index (χ2n) is 8.15. The first-order valence-corrected chi connectivity index (χ1v) is 11.5. The summed E-state index contributed by atoms with van der Waals surface area (Å²) in [5, 5.41) is 13.3. The number of benzene rings is 2. The second-order valence-corrected chi connectivity index (χ2v) is 8.15. The molecule has 1 saturated heterocycles. The first-order valence-electron chi connectivity index (χ1n) is 11.5. The van der Waals surface area contributed by atoms with Crippen molar-refractivity contribution in [2.75, 3.05) is 79.6 Å². The zero-order valence-corrected chi connectivity index (χ0v) is 20.8. The number of piperazine rings is 1. The van der Waals surface area contributed by atoms with Crippen molar-refractivity contribution >= 4 is 11.6 Å². The number of hydrogen-bond donors (Lipinski definition) is 2. The van der Waals surface area contributed by atoms with Crippen LogP contribution in [-0.4, -0.2) is 101 Å². The molecule has 0 radical (unpaired) electrons. The number of carbonyl (C=O) groups excluding carboxylic acids is 1. The van der Waals surface area contributed by atoms with Gasteiger partial charge in [0.2, 0.25) is 11.7 Å². The Labute approximate surface area is 206 Å². The van der Waals surface area contributed by atoms with Gasteiger partial charge in [-0.2, -0.15) is 0 Å². The number of nitrogens with zero attached hydrogens (tertiary/aromatic N) is 2. The quantitative estimate of drug-likeness (QED) is 0.461. The van der Waals surface area contributed by atoms with Gasteiger partial charge in [0.25, 0.3) is 0 Å². The molecule has 2 aromatic carbocycles. The SMILES string of the molecule is COc1ccccc1OCC(O)CN1CCN(CC(=O)Nc2cc(OC)c(OC)c(OC)c2)CC1. The van der Waals surface area contributed by atoms with Gasteiger partial charge in [-0.3, -0.25) is 14.6 Å². The van der Waals surface area contributed by atoms with Gasteiger partial charge in [0, 0.05) is 50.5 Å².